The summed E-state index contributed by atoms with van der Waals surface area (Å²) in [7, 11) is 3.69. The maximum Gasteiger partial charge on any atom is 0.118 e. The minimum Gasteiger partial charge on any atom is -0.497 e. The van der Waals surface area contributed by atoms with Crippen molar-refractivity contribution in [3.8, 4) is 5.75 Å². The van der Waals surface area contributed by atoms with Crippen molar-refractivity contribution in [2.45, 2.75) is 38.0 Å². The van der Waals surface area contributed by atoms with Gasteiger partial charge in [-0.05, 0) is 55.1 Å². The van der Waals surface area contributed by atoms with Crippen LogP contribution in [0.5, 0.6) is 5.75 Å². The lowest BCUT2D eigenvalue weighted by atomic mass is 9.89. The highest BCUT2D eigenvalue weighted by Gasteiger charge is 2.21. The van der Waals surface area contributed by atoms with Crippen molar-refractivity contribution in [2.75, 3.05) is 27.3 Å². The number of nitrogens with zero attached hydrogens (tertiary/aromatic N) is 1. The number of ether oxygens (including phenoxy) is 2. The summed E-state index contributed by atoms with van der Waals surface area (Å²) in [5.41, 5.74) is 3.87. The van der Waals surface area contributed by atoms with Crippen LogP contribution in [-0.2, 0) is 17.7 Å². The smallest absolute Gasteiger partial charge is 0.118 e. The van der Waals surface area contributed by atoms with Crippen LogP contribution in [0.4, 0.5) is 0 Å². The van der Waals surface area contributed by atoms with Gasteiger partial charge in [0.05, 0.1) is 25.9 Å². The molecule has 2 atom stereocenters. The minimum atomic E-state index is -0.493. The van der Waals surface area contributed by atoms with E-state index in [2.05, 4.69) is 41.3 Å². The Morgan fingerprint density at radius 1 is 1.15 bits per heavy atom. The molecule has 4 nitrogen and oxygen atoms in total. The summed E-state index contributed by atoms with van der Waals surface area (Å²) in [6.45, 7) is 1.74. The van der Waals surface area contributed by atoms with Crippen LogP contribution in [0.2, 0.25) is 0 Å². The predicted molar refractivity (Wildman–Crippen MR) is 103 cm³/mol. The Hall–Kier alpha value is -1.88. The van der Waals surface area contributed by atoms with Gasteiger partial charge in [-0.3, -0.25) is 4.90 Å². The third-order valence-electron chi connectivity index (χ3n) is 4.94. The summed E-state index contributed by atoms with van der Waals surface area (Å²) in [5, 5.41) is 10.4. The molecule has 0 saturated carbocycles. The van der Waals surface area contributed by atoms with Gasteiger partial charge < -0.3 is 14.6 Å². The predicted octanol–water partition coefficient (Wildman–Crippen LogP) is 3.58. The number of rotatable bonds is 8. The molecule has 4 heteroatoms. The molecule has 26 heavy (non-hydrogen) atoms. The number of aryl methyl sites for hydroxylation is 1. The lowest BCUT2D eigenvalue weighted by Crippen LogP contribution is -2.32. The largest absolute Gasteiger partial charge is 0.497 e. The van der Waals surface area contributed by atoms with E-state index < -0.39 is 6.10 Å². The molecule has 0 aliphatic heterocycles. The number of methoxy groups -OCH3 is 1. The van der Waals surface area contributed by atoms with Crippen LogP contribution in [0.1, 0.15) is 35.6 Å². The van der Waals surface area contributed by atoms with Gasteiger partial charge in [-0.25, -0.2) is 0 Å². The number of hydrogen-bond acceptors (Lipinski definition) is 4. The molecular weight excluding hydrogens is 326 g/mol. The van der Waals surface area contributed by atoms with E-state index in [0.717, 1.165) is 31.6 Å². The van der Waals surface area contributed by atoms with Gasteiger partial charge >= 0.3 is 0 Å². The summed E-state index contributed by atoms with van der Waals surface area (Å²) in [5.74, 6) is 0.859. The highest BCUT2D eigenvalue weighted by Crippen LogP contribution is 2.32. The Morgan fingerprint density at radius 2 is 1.92 bits per heavy atom. The Labute approximate surface area is 156 Å². The number of fused-ring (bicyclic) bond motifs is 1. The summed E-state index contributed by atoms with van der Waals surface area (Å²) in [6.07, 6.45) is 2.93. The maximum atomic E-state index is 10.4. The first-order valence-corrected chi connectivity index (χ1v) is 9.34. The summed E-state index contributed by atoms with van der Waals surface area (Å²) in [6, 6.07) is 16.5. The molecule has 0 aromatic heterocycles. The second-order valence-electron chi connectivity index (χ2n) is 7.11. The number of benzene rings is 2. The zero-order valence-corrected chi connectivity index (χ0v) is 15.7. The van der Waals surface area contributed by atoms with Gasteiger partial charge in [0, 0.05) is 13.1 Å². The normalized spacial score (nSPS) is 17.8. The lowest BCUT2D eigenvalue weighted by Gasteiger charge is -2.27. The Balaban J connectivity index is 1.46. The van der Waals surface area contributed by atoms with E-state index in [-0.39, 0.29) is 6.10 Å². The van der Waals surface area contributed by atoms with E-state index in [1.54, 1.807) is 7.11 Å². The topological polar surface area (TPSA) is 41.9 Å². The van der Waals surface area contributed by atoms with E-state index in [1.807, 2.05) is 19.2 Å². The lowest BCUT2D eigenvalue weighted by molar-refractivity contribution is -0.0265. The molecule has 0 amide bonds. The van der Waals surface area contributed by atoms with Crippen LogP contribution in [0.15, 0.2) is 48.5 Å². The van der Waals surface area contributed by atoms with Crippen molar-refractivity contribution < 1.29 is 14.6 Å². The SMILES string of the molecule is COc1ccc(CN(C)C[C@H](O)CO[C@@H]2CCCc3ccccc32)cc1. The third-order valence-corrected chi connectivity index (χ3v) is 4.94. The first-order chi connectivity index (χ1) is 12.7. The van der Waals surface area contributed by atoms with Crippen molar-refractivity contribution in [1.29, 1.82) is 0 Å². The van der Waals surface area contributed by atoms with E-state index in [4.69, 9.17) is 9.47 Å². The van der Waals surface area contributed by atoms with E-state index in [0.29, 0.717) is 13.2 Å². The quantitative estimate of drug-likeness (QED) is 0.786. The fourth-order valence-corrected chi connectivity index (χ4v) is 3.63. The summed E-state index contributed by atoms with van der Waals surface area (Å²) >= 11 is 0. The first kappa shape index (κ1) is 18.9. The van der Waals surface area contributed by atoms with Crippen molar-refractivity contribution in [3.63, 3.8) is 0 Å². The summed E-state index contributed by atoms with van der Waals surface area (Å²) in [4.78, 5) is 2.12. The number of aliphatic hydroxyl groups is 1. The highest BCUT2D eigenvalue weighted by atomic mass is 16.5. The second-order valence-corrected chi connectivity index (χ2v) is 7.11. The highest BCUT2D eigenvalue weighted by molar-refractivity contribution is 5.31. The van der Waals surface area contributed by atoms with Crippen molar-refractivity contribution >= 4 is 0 Å². The molecule has 1 N–H and O–H groups in total. The van der Waals surface area contributed by atoms with Crippen molar-refractivity contribution in [1.82, 2.24) is 4.90 Å². The molecule has 1 aliphatic rings. The van der Waals surface area contributed by atoms with Crippen molar-refractivity contribution in [2.24, 2.45) is 0 Å². The molecule has 0 saturated heterocycles. The Morgan fingerprint density at radius 3 is 2.69 bits per heavy atom. The fraction of sp³-hybridized carbons (Fsp3) is 0.455. The van der Waals surface area contributed by atoms with Gasteiger partial charge in [-0.2, -0.15) is 0 Å². The second kappa shape index (κ2) is 9.17. The average molecular weight is 355 g/mol. The number of hydrogen-bond donors (Lipinski definition) is 1. The number of aliphatic hydroxyl groups excluding tert-OH is 1. The van der Waals surface area contributed by atoms with E-state index in [9.17, 15) is 5.11 Å². The van der Waals surface area contributed by atoms with E-state index >= 15 is 0 Å². The van der Waals surface area contributed by atoms with Crippen LogP contribution in [0.3, 0.4) is 0 Å². The number of likely N-dealkylation sites (N-methyl/N-ethyl adjacent to an activating group) is 1. The molecule has 0 fully saturated rings. The van der Waals surface area contributed by atoms with Crippen LogP contribution in [-0.4, -0.2) is 43.4 Å². The Bertz CT molecular complexity index is 686. The van der Waals surface area contributed by atoms with Crippen molar-refractivity contribution in [3.05, 3.63) is 65.2 Å². The summed E-state index contributed by atoms with van der Waals surface area (Å²) < 4.78 is 11.2. The van der Waals surface area contributed by atoms with Gasteiger partial charge in [0.1, 0.15) is 5.75 Å². The molecule has 140 valence electrons. The van der Waals surface area contributed by atoms with Gasteiger partial charge in [-0.1, -0.05) is 36.4 Å². The molecule has 0 spiro atoms. The fourth-order valence-electron chi connectivity index (χ4n) is 3.63. The molecule has 0 unspecified atom stereocenters. The Kier molecular flexibility index (Phi) is 6.67. The van der Waals surface area contributed by atoms with Gasteiger partial charge in [0.2, 0.25) is 0 Å². The monoisotopic (exact) mass is 355 g/mol. The molecule has 0 radical (unpaired) electrons. The van der Waals surface area contributed by atoms with Crippen LogP contribution in [0, 0.1) is 0 Å². The molecular formula is C22H29NO3. The maximum absolute atomic E-state index is 10.4. The van der Waals surface area contributed by atoms with Gasteiger partial charge in [-0.15, -0.1) is 0 Å². The van der Waals surface area contributed by atoms with Crippen LogP contribution < -0.4 is 4.74 Å². The van der Waals surface area contributed by atoms with Gasteiger partial charge in [0.15, 0.2) is 0 Å². The van der Waals surface area contributed by atoms with Gasteiger partial charge in [0.25, 0.3) is 0 Å². The molecule has 3 rings (SSSR count). The van der Waals surface area contributed by atoms with E-state index in [1.165, 1.54) is 16.7 Å². The molecule has 1 aliphatic carbocycles. The molecule has 0 bridgehead atoms. The third kappa shape index (κ3) is 5.07. The zero-order valence-electron chi connectivity index (χ0n) is 15.7. The zero-order chi connectivity index (χ0) is 18.4. The van der Waals surface area contributed by atoms with Crippen LogP contribution >= 0.6 is 0 Å². The molecule has 0 heterocycles. The first-order valence-electron chi connectivity index (χ1n) is 9.34. The molecule has 2 aromatic carbocycles. The standard InChI is InChI=1S/C22H29NO3/c1-23(14-17-10-12-20(25-2)13-11-17)15-19(24)16-26-22-9-5-7-18-6-3-4-8-21(18)22/h3-4,6,8,10-13,19,22,24H,5,7,9,14-16H2,1-2H3/t19-,22+/m0/s1. The molecule has 2 aromatic rings. The average Bonchev–Trinajstić information content (AvgIpc) is 2.67. The minimum absolute atomic E-state index is 0.112. The van der Waals surface area contributed by atoms with Crippen LogP contribution in [0.25, 0.3) is 0 Å².